The van der Waals surface area contributed by atoms with Gasteiger partial charge in [0.25, 0.3) is 5.91 Å². The van der Waals surface area contributed by atoms with Gasteiger partial charge in [-0.3, -0.25) is 9.78 Å². The summed E-state index contributed by atoms with van der Waals surface area (Å²) < 4.78 is 90.1. The van der Waals surface area contributed by atoms with Gasteiger partial charge in [-0.1, -0.05) is 6.07 Å². The Morgan fingerprint density at radius 2 is 1.74 bits per heavy atom. The molecule has 4 rings (SSSR count). The summed E-state index contributed by atoms with van der Waals surface area (Å²) in [5.41, 5.74) is -5.27. The molecule has 1 N–H and O–H groups in total. The number of alkyl halides is 3. The molecule has 178 valence electrons. The molecule has 3 heterocycles. The lowest BCUT2D eigenvalue weighted by molar-refractivity contribution is -0.296. The summed E-state index contributed by atoms with van der Waals surface area (Å²) in [5, 5.41) is 2.29. The largest absolute Gasteiger partial charge is 0.421 e. The van der Waals surface area contributed by atoms with Gasteiger partial charge in [-0.25, -0.2) is 18.2 Å². The number of amides is 1. The van der Waals surface area contributed by atoms with Crippen molar-refractivity contribution in [1.29, 1.82) is 0 Å². The van der Waals surface area contributed by atoms with E-state index < -0.39 is 52.1 Å². The number of halogens is 6. The van der Waals surface area contributed by atoms with Gasteiger partial charge in [0.1, 0.15) is 28.8 Å². The van der Waals surface area contributed by atoms with Crippen molar-refractivity contribution in [2.75, 3.05) is 11.9 Å². The fourth-order valence-electron chi connectivity index (χ4n) is 3.88. The Hall–Kier alpha value is -3.47. The van der Waals surface area contributed by atoms with Crippen molar-refractivity contribution in [3.8, 4) is 11.3 Å². The first-order chi connectivity index (χ1) is 16.1. The van der Waals surface area contributed by atoms with Gasteiger partial charge in [0.2, 0.25) is 0 Å². The van der Waals surface area contributed by atoms with E-state index >= 15 is 0 Å². The molecule has 2 aromatic heterocycles. The number of nitrogens with one attached hydrogen (secondary N) is 1. The molecule has 0 unspecified atom stereocenters. The van der Waals surface area contributed by atoms with Crippen molar-refractivity contribution in [3.05, 3.63) is 77.5 Å². The number of aromatic nitrogens is 2. The third kappa shape index (κ3) is 4.23. The molecule has 1 amide bonds. The Labute approximate surface area is 189 Å². The van der Waals surface area contributed by atoms with Crippen LogP contribution < -0.4 is 5.32 Å². The van der Waals surface area contributed by atoms with E-state index in [9.17, 15) is 31.1 Å². The van der Waals surface area contributed by atoms with E-state index in [4.69, 9.17) is 4.74 Å². The minimum Gasteiger partial charge on any atom is -0.361 e. The summed E-state index contributed by atoms with van der Waals surface area (Å²) in [6.45, 7) is -0.119. The SMILES string of the molecule is O=C(Nc1cnccc1[C@]1(C(F)(F)F)CCCCO1)c1ccc(F)c(-c2c(F)cccc2F)n1. The number of carbonyl (C=O) groups is 1. The monoisotopic (exact) mass is 481 g/mol. The van der Waals surface area contributed by atoms with Crippen molar-refractivity contribution in [3.63, 3.8) is 0 Å². The molecule has 0 bridgehead atoms. The minimum atomic E-state index is -4.78. The average Bonchev–Trinajstić information content (AvgIpc) is 2.80. The summed E-state index contributed by atoms with van der Waals surface area (Å²) in [4.78, 5) is 20.3. The van der Waals surface area contributed by atoms with Crippen LogP contribution in [0.1, 0.15) is 35.3 Å². The fourth-order valence-corrected chi connectivity index (χ4v) is 3.88. The highest BCUT2D eigenvalue weighted by atomic mass is 19.4. The van der Waals surface area contributed by atoms with Crippen LogP contribution in [0.5, 0.6) is 0 Å². The van der Waals surface area contributed by atoms with E-state index in [2.05, 4.69) is 15.3 Å². The third-order valence-electron chi connectivity index (χ3n) is 5.51. The van der Waals surface area contributed by atoms with E-state index in [1.54, 1.807) is 0 Å². The summed E-state index contributed by atoms with van der Waals surface area (Å²) in [5.74, 6) is -4.31. The zero-order chi connectivity index (χ0) is 24.5. The van der Waals surface area contributed by atoms with E-state index in [1.807, 2.05) is 0 Å². The molecule has 1 fully saturated rings. The van der Waals surface area contributed by atoms with E-state index in [-0.39, 0.29) is 30.7 Å². The second kappa shape index (κ2) is 9.05. The van der Waals surface area contributed by atoms with Crippen LogP contribution in [0.3, 0.4) is 0 Å². The summed E-state index contributed by atoms with van der Waals surface area (Å²) in [6, 6.07) is 5.71. The first-order valence-corrected chi connectivity index (χ1v) is 10.2. The molecule has 0 spiro atoms. The Morgan fingerprint density at radius 3 is 2.38 bits per heavy atom. The molecule has 1 aliphatic heterocycles. The molecule has 0 radical (unpaired) electrons. The number of hydrogen-bond donors (Lipinski definition) is 1. The first kappa shape index (κ1) is 23.7. The maximum absolute atomic E-state index is 14.3. The Morgan fingerprint density at radius 1 is 1.00 bits per heavy atom. The van der Waals surface area contributed by atoms with Crippen molar-refractivity contribution in [2.24, 2.45) is 0 Å². The standard InChI is InChI=1S/C23H17F6N3O2/c24-14-4-3-5-15(25)19(14)20-16(26)6-7-17(31-20)21(33)32-18-12-30-10-8-13(18)22(23(27,28)29)9-1-2-11-34-22/h3-8,10,12H,1-2,9,11H2,(H,32,33)/t22-/m0/s1. The molecule has 11 heteroatoms. The van der Waals surface area contributed by atoms with Crippen LogP contribution in [-0.4, -0.2) is 28.7 Å². The van der Waals surface area contributed by atoms with Crippen molar-refractivity contribution in [1.82, 2.24) is 9.97 Å². The fraction of sp³-hybridized carbons (Fsp3) is 0.261. The lowest BCUT2D eigenvalue weighted by Crippen LogP contribution is -2.47. The number of rotatable bonds is 4. The molecular formula is C23H17F6N3O2. The maximum atomic E-state index is 14.3. The zero-order valence-corrected chi connectivity index (χ0v) is 17.4. The molecule has 3 aromatic rings. The minimum absolute atomic E-state index is 0.119. The average molecular weight is 481 g/mol. The van der Waals surface area contributed by atoms with E-state index in [0.717, 1.165) is 48.8 Å². The van der Waals surface area contributed by atoms with Crippen LogP contribution in [-0.2, 0) is 10.3 Å². The smallest absolute Gasteiger partial charge is 0.361 e. The highest BCUT2D eigenvalue weighted by Crippen LogP contribution is 2.49. The number of anilines is 1. The molecule has 34 heavy (non-hydrogen) atoms. The predicted molar refractivity (Wildman–Crippen MR) is 109 cm³/mol. The van der Waals surface area contributed by atoms with Crippen LogP contribution >= 0.6 is 0 Å². The number of carbonyl (C=O) groups excluding carboxylic acids is 1. The number of pyridine rings is 2. The predicted octanol–water partition coefficient (Wildman–Crippen LogP) is 5.77. The van der Waals surface area contributed by atoms with Gasteiger partial charge in [0.15, 0.2) is 5.60 Å². The van der Waals surface area contributed by atoms with Crippen molar-refractivity contribution in [2.45, 2.75) is 31.0 Å². The molecule has 5 nitrogen and oxygen atoms in total. The van der Waals surface area contributed by atoms with Crippen LogP contribution in [0, 0.1) is 17.5 Å². The molecule has 1 saturated heterocycles. The second-order valence-electron chi connectivity index (χ2n) is 7.63. The van der Waals surface area contributed by atoms with Gasteiger partial charge in [0, 0.05) is 18.4 Å². The van der Waals surface area contributed by atoms with Gasteiger partial charge in [0.05, 0.1) is 17.4 Å². The van der Waals surface area contributed by atoms with Gasteiger partial charge >= 0.3 is 6.18 Å². The van der Waals surface area contributed by atoms with Crippen molar-refractivity contribution < 1.29 is 35.9 Å². The molecule has 1 atom stereocenters. The molecule has 0 aliphatic carbocycles. The first-order valence-electron chi connectivity index (χ1n) is 10.2. The van der Waals surface area contributed by atoms with Crippen LogP contribution in [0.15, 0.2) is 48.8 Å². The Kier molecular flexibility index (Phi) is 6.30. The lowest BCUT2D eigenvalue weighted by Gasteiger charge is -2.39. The van der Waals surface area contributed by atoms with E-state index in [0.29, 0.717) is 6.42 Å². The zero-order valence-electron chi connectivity index (χ0n) is 17.4. The molecule has 0 saturated carbocycles. The summed E-state index contributed by atoms with van der Waals surface area (Å²) in [7, 11) is 0. The third-order valence-corrected chi connectivity index (χ3v) is 5.51. The topological polar surface area (TPSA) is 64.1 Å². The Balaban J connectivity index is 1.72. The summed E-state index contributed by atoms with van der Waals surface area (Å²) in [6.07, 6.45) is -2.25. The number of hydrogen-bond acceptors (Lipinski definition) is 4. The van der Waals surface area contributed by atoms with Gasteiger partial charge < -0.3 is 10.1 Å². The normalized spacial score (nSPS) is 18.5. The highest BCUT2D eigenvalue weighted by Gasteiger charge is 2.58. The van der Waals surface area contributed by atoms with Crippen LogP contribution in [0.2, 0.25) is 0 Å². The molecule has 1 aromatic carbocycles. The van der Waals surface area contributed by atoms with Gasteiger partial charge in [-0.05, 0) is 49.6 Å². The van der Waals surface area contributed by atoms with Crippen LogP contribution in [0.4, 0.5) is 32.0 Å². The van der Waals surface area contributed by atoms with E-state index in [1.165, 1.54) is 0 Å². The van der Waals surface area contributed by atoms with Crippen molar-refractivity contribution >= 4 is 11.6 Å². The Bertz CT molecular complexity index is 1210. The van der Waals surface area contributed by atoms with Gasteiger partial charge in [-0.2, -0.15) is 13.2 Å². The number of ether oxygens (including phenoxy) is 1. The summed E-state index contributed by atoms with van der Waals surface area (Å²) >= 11 is 0. The maximum Gasteiger partial charge on any atom is 0.421 e. The quantitative estimate of drug-likeness (QED) is 0.481. The second-order valence-corrected chi connectivity index (χ2v) is 7.63. The number of nitrogens with zero attached hydrogens (tertiary/aromatic N) is 2. The molecule has 1 aliphatic rings. The molecular weight excluding hydrogens is 464 g/mol. The van der Waals surface area contributed by atoms with Gasteiger partial charge in [-0.15, -0.1) is 0 Å². The highest BCUT2D eigenvalue weighted by molar-refractivity contribution is 6.03. The van der Waals surface area contributed by atoms with Crippen LogP contribution in [0.25, 0.3) is 11.3 Å². The lowest BCUT2D eigenvalue weighted by atomic mass is 9.85. The number of benzene rings is 1.